The molecule has 2 unspecified atom stereocenters. The van der Waals surface area contributed by atoms with Crippen LogP contribution in [0.4, 0.5) is 0 Å². The minimum absolute atomic E-state index is 0.134. The second-order valence-electron chi connectivity index (χ2n) is 7.22. The van der Waals surface area contributed by atoms with Crippen LogP contribution in [0.3, 0.4) is 0 Å². The van der Waals surface area contributed by atoms with Crippen molar-refractivity contribution in [3.05, 3.63) is 71.8 Å². The Balaban J connectivity index is 1.23. The molecule has 1 N–H and O–H groups in total. The van der Waals surface area contributed by atoms with Crippen LogP contribution >= 0.6 is 11.6 Å². The molecule has 0 radical (unpaired) electrons. The molecule has 4 rings (SSSR count). The number of rotatable bonds is 7. The van der Waals surface area contributed by atoms with E-state index in [9.17, 15) is 5.11 Å². The molecule has 0 aliphatic carbocycles. The summed E-state index contributed by atoms with van der Waals surface area (Å²) in [4.78, 5) is 2.22. The highest BCUT2D eigenvalue weighted by Gasteiger charge is 2.25. The van der Waals surface area contributed by atoms with Crippen LogP contribution in [0.25, 0.3) is 10.8 Å². The summed E-state index contributed by atoms with van der Waals surface area (Å²) in [5.74, 6) is 1.61. The number of fused-ring (bicyclic) bond motifs is 1. The van der Waals surface area contributed by atoms with Gasteiger partial charge in [-0.05, 0) is 53.6 Å². The topological polar surface area (TPSA) is 41.9 Å². The summed E-state index contributed by atoms with van der Waals surface area (Å²) >= 11 is 5.91. The van der Waals surface area contributed by atoms with E-state index < -0.39 is 6.10 Å². The number of benzene rings is 3. The SMILES string of the molecule is OC(COc1ccc2ccccc2c1)CN1CCC(Oc2ccc(Cl)cc2)C1. The first kappa shape index (κ1) is 19.1. The molecule has 0 amide bonds. The van der Waals surface area contributed by atoms with E-state index in [4.69, 9.17) is 21.1 Å². The lowest BCUT2D eigenvalue weighted by atomic mass is 10.1. The molecule has 2 atom stereocenters. The lowest BCUT2D eigenvalue weighted by molar-refractivity contribution is 0.0720. The Morgan fingerprint density at radius 3 is 2.57 bits per heavy atom. The first-order chi connectivity index (χ1) is 13.7. The van der Waals surface area contributed by atoms with Gasteiger partial charge in [0.15, 0.2) is 0 Å². The van der Waals surface area contributed by atoms with E-state index in [0.29, 0.717) is 11.6 Å². The van der Waals surface area contributed by atoms with E-state index >= 15 is 0 Å². The van der Waals surface area contributed by atoms with E-state index in [1.807, 2.05) is 54.6 Å². The predicted octanol–water partition coefficient (Wildman–Crippen LogP) is 4.39. The van der Waals surface area contributed by atoms with Crippen molar-refractivity contribution in [2.45, 2.75) is 18.6 Å². The van der Waals surface area contributed by atoms with Crippen LogP contribution in [0.15, 0.2) is 66.7 Å². The summed E-state index contributed by atoms with van der Waals surface area (Å²) < 4.78 is 11.8. The minimum Gasteiger partial charge on any atom is -0.491 e. The maximum Gasteiger partial charge on any atom is 0.120 e. The van der Waals surface area contributed by atoms with Crippen molar-refractivity contribution in [1.82, 2.24) is 4.90 Å². The van der Waals surface area contributed by atoms with Gasteiger partial charge < -0.3 is 14.6 Å². The lowest BCUT2D eigenvalue weighted by Crippen LogP contribution is -2.35. The summed E-state index contributed by atoms with van der Waals surface area (Å²) in [5, 5.41) is 13.4. The van der Waals surface area contributed by atoms with Crippen molar-refractivity contribution in [2.24, 2.45) is 0 Å². The van der Waals surface area contributed by atoms with Crippen LogP contribution in [0.5, 0.6) is 11.5 Å². The molecule has 3 aromatic rings. The van der Waals surface area contributed by atoms with Crippen molar-refractivity contribution < 1.29 is 14.6 Å². The van der Waals surface area contributed by atoms with Gasteiger partial charge in [0.25, 0.3) is 0 Å². The second-order valence-corrected chi connectivity index (χ2v) is 7.65. The van der Waals surface area contributed by atoms with Gasteiger partial charge in [-0.1, -0.05) is 41.9 Å². The molecule has 3 aromatic carbocycles. The van der Waals surface area contributed by atoms with Crippen molar-refractivity contribution in [1.29, 1.82) is 0 Å². The standard InChI is InChI=1S/C23H24ClNO3/c24-19-6-9-21(10-7-19)28-23-11-12-25(15-23)14-20(26)16-27-22-8-5-17-3-1-2-4-18(17)13-22/h1-10,13,20,23,26H,11-12,14-16H2. The molecule has 146 valence electrons. The smallest absolute Gasteiger partial charge is 0.120 e. The Morgan fingerprint density at radius 2 is 1.75 bits per heavy atom. The van der Waals surface area contributed by atoms with Crippen molar-refractivity contribution in [3.8, 4) is 11.5 Å². The number of hydrogen-bond donors (Lipinski definition) is 1. The fraction of sp³-hybridized carbons (Fsp3) is 0.304. The fourth-order valence-electron chi connectivity index (χ4n) is 3.57. The van der Waals surface area contributed by atoms with Gasteiger partial charge in [-0.25, -0.2) is 0 Å². The number of aliphatic hydroxyl groups excluding tert-OH is 1. The number of likely N-dealkylation sites (tertiary alicyclic amines) is 1. The average Bonchev–Trinajstić information content (AvgIpc) is 3.14. The first-order valence-corrected chi connectivity index (χ1v) is 9.98. The van der Waals surface area contributed by atoms with Gasteiger partial charge >= 0.3 is 0 Å². The number of ether oxygens (including phenoxy) is 2. The molecule has 1 aliphatic heterocycles. The second kappa shape index (κ2) is 8.82. The number of halogens is 1. The van der Waals surface area contributed by atoms with Crippen LogP contribution in [0, 0.1) is 0 Å². The average molecular weight is 398 g/mol. The van der Waals surface area contributed by atoms with E-state index in [2.05, 4.69) is 17.0 Å². The third kappa shape index (κ3) is 4.96. The van der Waals surface area contributed by atoms with Crippen molar-refractivity contribution in [3.63, 3.8) is 0 Å². The molecule has 0 bridgehead atoms. The number of aliphatic hydroxyl groups is 1. The van der Waals surface area contributed by atoms with E-state index in [-0.39, 0.29) is 12.7 Å². The van der Waals surface area contributed by atoms with Gasteiger partial charge in [0.2, 0.25) is 0 Å². The van der Waals surface area contributed by atoms with Gasteiger partial charge in [0.05, 0.1) is 0 Å². The molecule has 1 heterocycles. The van der Waals surface area contributed by atoms with Gasteiger partial charge in [0.1, 0.15) is 30.3 Å². The molecular formula is C23H24ClNO3. The predicted molar refractivity (Wildman–Crippen MR) is 112 cm³/mol. The highest BCUT2D eigenvalue weighted by atomic mass is 35.5. The van der Waals surface area contributed by atoms with Crippen LogP contribution in [-0.4, -0.2) is 48.5 Å². The molecule has 28 heavy (non-hydrogen) atoms. The Morgan fingerprint density at radius 1 is 1.00 bits per heavy atom. The quantitative estimate of drug-likeness (QED) is 0.642. The zero-order chi connectivity index (χ0) is 19.3. The maximum atomic E-state index is 10.4. The van der Waals surface area contributed by atoms with Crippen LogP contribution in [0.1, 0.15) is 6.42 Å². The zero-order valence-corrected chi connectivity index (χ0v) is 16.4. The zero-order valence-electron chi connectivity index (χ0n) is 15.6. The third-order valence-corrected chi connectivity index (χ3v) is 5.23. The Labute approximate surface area is 170 Å². The minimum atomic E-state index is -0.541. The van der Waals surface area contributed by atoms with E-state index in [1.54, 1.807) is 0 Å². The summed E-state index contributed by atoms with van der Waals surface area (Å²) in [7, 11) is 0. The van der Waals surface area contributed by atoms with Crippen LogP contribution in [-0.2, 0) is 0 Å². The van der Waals surface area contributed by atoms with Gasteiger partial charge in [-0.2, -0.15) is 0 Å². The molecule has 0 saturated carbocycles. The fourth-order valence-corrected chi connectivity index (χ4v) is 3.69. The first-order valence-electron chi connectivity index (χ1n) is 9.60. The van der Waals surface area contributed by atoms with Crippen molar-refractivity contribution in [2.75, 3.05) is 26.2 Å². The highest BCUT2D eigenvalue weighted by molar-refractivity contribution is 6.30. The molecule has 5 heteroatoms. The Kier molecular flexibility index (Phi) is 6.01. The summed E-state index contributed by atoms with van der Waals surface area (Å²) in [5.41, 5.74) is 0. The lowest BCUT2D eigenvalue weighted by Gasteiger charge is -2.20. The number of β-amino-alcohol motifs (C(OH)–C–C–N with tert-alkyl or cyclic N) is 1. The monoisotopic (exact) mass is 397 g/mol. The Bertz CT molecular complexity index is 915. The van der Waals surface area contributed by atoms with E-state index in [1.165, 1.54) is 5.39 Å². The summed E-state index contributed by atoms with van der Waals surface area (Å²) in [6.07, 6.45) is 0.538. The Hall–Kier alpha value is -2.27. The number of nitrogens with zero attached hydrogens (tertiary/aromatic N) is 1. The molecule has 0 aromatic heterocycles. The molecule has 1 fully saturated rings. The van der Waals surface area contributed by atoms with Crippen molar-refractivity contribution >= 4 is 22.4 Å². The molecule has 1 aliphatic rings. The molecule has 0 spiro atoms. The molecule has 1 saturated heterocycles. The van der Waals surface area contributed by atoms with E-state index in [0.717, 1.165) is 36.4 Å². The summed E-state index contributed by atoms with van der Waals surface area (Å²) in [6, 6.07) is 21.6. The number of hydrogen-bond acceptors (Lipinski definition) is 4. The normalized spacial score (nSPS) is 18.3. The van der Waals surface area contributed by atoms with Crippen LogP contribution in [0.2, 0.25) is 5.02 Å². The largest absolute Gasteiger partial charge is 0.491 e. The third-order valence-electron chi connectivity index (χ3n) is 4.98. The van der Waals surface area contributed by atoms with Crippen LogP contribution < -0.4 is 9.47 Å². The van der Waals surface area contributed by atoms with Gasteiger partial charge in [0, 0.05) is 24.7 Å². The molecular weight excluding hydrogens is 374 g/mol. The van der Waals surface area contributed by atoms with Gasteiger partial charge in [-0.3, -0.25) is 4.90 Å². The van der Waals surface area contributed by atoms with Gasteiger partial charge in [-0.15, -0.1) is 0 Å². The molecule has 4 nitrogen and oxygen atoms in total. The highest BCUT2D eigenvalue weighted by Crippen LogP contribution is 2.22. The maximum absolute atomic E-state index is 10.4. The summed E-state index contributed by atoms with van der Waals surface area (Å²) in [6.45, 7) is 2.56.